The van der Waals surface area contributed by atoms with Crippen LogP contribution in [-0.4, -0.2) is 21.4 Å². The monoisotopic (exact) mass is 304 g/mol. The van der Waals surface area contributed by atoms with Crippen LogP contribution in [0.15, 0.2) is 35.4 Å². The van der Waals surface area contributed by atoms with E-state index >= 15 is 0 Å². The molecule has 0 radical (unpaired) electrons. The molecule has 1 aromatic carbocycles. The van der Waals surface area contributed by atoms with Crippen LogP contribution in [0.4, 0.5) is 5.69 Å². The first-order valence-corrected chi connectivity index (χ1v) is 7.84. The van der Waals surface area contributed by atoms with Crippen molar-refractivity contribution in [1.29, 1.82) is 0 Å². The van der Waals surface area contributed by atoms with Gasteiger partial charge in [-0.1, -0.05) is 19.1 Å². The first kappa shape index (κ1) is 15.4. The summed E-state index contributed by atoms with van der Waals surface area (Å²) in [5, 5.41) is 7.85. The molecule has 0 saturated carbocycles. The Morgan fingerprint density at radius 1 is 1.43 bits per heavy atom. The molecule has 112 valence electrons. The lowest BCUT2D eigenvalue weighted by Crippen LogP contribution is -2.13. The number of nitrogens with zero attached hydrogens (tertiary/aromatic N) is 2. The van der Waals surface area contributed by atoms with Crippen LogP contribution < -0.4 is 11.1 Å². The number of nitrogens with two attached hydrogens (primary N) is 1. The lowest BCUT2D eigenvalue weighted by molar-refractivity contribution is -0.115. The molecule has 1 amide bonds. The molecule has 0 unspecified atom stereocenters. The van der Waals surface area contributed by atoms with Gasteiger partial charge in [-0.25, -0.2) is 0 Å². The number of aryl methyl sites for hydroxylation is 2. The molecule has 6 heteroatoms. The zero-order valence-electron chi connectivity index (χ0n) is 12.3. The Morgan fingerprint density at radius 2 is 2.19 bits per heavy atom. The van der Waals surface area contributed by atoms with Gasteiger partial charge in [0.1, 0.15) is 0 Å². The number of nitrogens with one attached hydrogen (secondary N) is 1. The summed E-state index contributed by atoms with van der Waals surface area (Å²) in [6.45, 7) is 2.81. The zero-order valence-corrected chi connectivity index (χ0v) is 13.1. The van der Waals surface area contributed by atoms with Crippen LogP contribution in [-0.2, 0) is 24.8 Å². The molecule has 2 rings (SSSR count). The number of carbonyl (C=O) groups is 1. The number of amides is 1. The van der Waals surface area contributed by atoms with Gasteiger partial charge in [0.2, 0.25) is 5.91 Å². The van der Waals surface area contributed by atoms with Crippen molar-refractivity contribution in [3.63, 3.8) is 0 Å². The van der Waals surface area contributed by atoms with Crippen LogP contribution in [0.1, 0.15) is 18.2 Å². The standard InChI is InChI=1S/C15H20N4OS/c1-3-12-11(9-19(2)18-12)8-17-13-6-4-5-7-14(13)21-10-15(16)20/h4-7,9,17H,3,8,10H2,1-2H3,(H2,16,20). The highest BCUT2D eigenvalue weighted by Crippen LogP contribution is 2.27. The molecule has 3 N–H and O–H groups in total. The number of primary amides is 1. The summed E-state index contributed by atoms with van der Waals surface area (Å²) < 4.78 is 1.84. The molecule has 1 heterocycles. The highest BCUT2D eigenvalue weighted by Gasteiger charge is 2.08. The van der Waals surface area contributed by atoms with Crippen molar-refractivity contribution >= 4 is 23.4 Å². The summed E-state index contributed by atoms with van der Waals surface area (Å²) in [4.78, 5) is 11.9. The number of benzene rings is 1. The lowest BCUT2D eigenvalue weighted by atomic mass is 10.2. The maximum atomic E-state index is 10.9. The van der Waals surface area contributed by atoms with Gasteiger partial charge in [0.05, 0.1) is 11.4 Å². The quantitative estimate of drug-likeness (QED) is 0.769. The van der Waals surface area contributed by atoms with E-state index in [1.165, 1.54) is 17.3 Å². The van der Waals surface area contributed by atoms with E-state index in [1.807, 2.05) is 42.2 Å². The van der Waals surface area contributed by atoms with Gasteiger partial charge < -0.3 is 11.1 Å². The van der Waals surface area contributed by atoms with Crippen molar-refractivity contribution in [2.45, 2.75) is 24.8 Å². The minimum atomic E-state index is -0.310. The van der Waals surface area contributed by atoms with E-state index in [9.17, 15) is 4.79 Å². The van der Waals surface area contributed by atoms with Crippen LogP contribution >= 0.6 is 11.8 Å². The first-order chi connectivity index (χ1) is 10.1. The SMILES string of the molecule is CCc1nn(C)cc1CNc1ccccc1SCC(N)=O. The topological polar surface area (TPSA) is 72.9 Å². The first-order valence-electron chi connectivity index (χ1n) is 6.85. The average Bonchev–Trinajstić information content (AvgIpc) is 2.83. The predicted octanol–water partition coefficient (Wildman–Crippen LogP) is 2.17. The third-order valence-corrected chi connectivity index (χ3v) is 4.15. The van der Waals surface area contributed by atoms with Gasteiger partial charge in [-0.3, -0.25) is 9.48 Å². The summed E-state index contributed by atoms with van der Waals surface area (Å²) in [6.07, 6.45) is 2.95. The highest BCUT2D eigenvalue weighted by molar-refractivity contribution is 8.00. The summed E-state index contributed by atoms with van der Waals surface area (Å²) in [5.74, 6) is -0.0264. The molecular weight excluding hydrogens is 284 g/mol. The zero-order chi connectivity index (χ0) is 15.2. The van der Waals surface area contributed by atoms with E-state index in [0.717, 1.165) is 22.7 Å². The highest BCUT2D eigenvalue weighted by atomic mass is 32.2. The summed E-state index contributed by atoms with van der Waals surface area (Å²) >= 11 is 1.45. The van der Waals surface area contributed by atoms with Crippen molar-refractivity contribution in [3.8, 4) is 0 Å². The van der Waals surface area contributed by atoms with Crippen LogP contribution in [0, 0.1) is 0 Å². The molecule has 0 aliphatic carbocycles. The normalized spacial score (nSPS) is 10.6. The van der Waals surface area contributed by atoms with E-state index in [-0.39, 0.29) is 11.7 Å². The third kappa shape index (κ3) is 4.26. The molecule has 1 aromatic heterocycles. The number of rotatable bonds is 7. The van der Waals surface area contributed by atoms with Crippen molar-refractivity contribution in [2.24, 2.45) is 12.8 Å². The Labute approximate surface area is 128 Å². The van der Waals surface area contributed by atoms with Crippen LogP contribution in [0.2, 0.25) is 0 Å². The number of carbonyl (C=O) groups excluding carboxylic acids is 1. The van der Waals surface area contributed by atoms with Gasteiger partial charge in [0.15, 0.2) is 0 Å². The average molecular weight is 304 g/mol. The fourth-order valence-electron chi connectivity index (χ4n) is 2.11. The van der Waals surface area contributed by atoms with E-state index in [2.05, 4.69) is 17.3 Å². The summed E-state index contributed by atoms with van der Waals surface area (Å²) in [6, 6.07) is 7.92. The Kier molecular flexibility index (Phi) is 5.27. The Hall–Kier alpha value is -1.95. The van der Waals surface area contributed by atoms with Gasteiger partial charge in [-0.15, -0.1) is 11.8 Å². The van der Waals surface area contributed by atoms with Gasteiger partial charge in [-0.05, 0) is 18.6 Å². The van der Waals surface area contributed by atoms with Crippen LogP contribution in [0.3, 0.4) is 0 Å². The smallest absolute Gasteiger partial charge is 0.227 e. The van der Waals surface area contributed by atoms with Crippen molar-refractivity contribution < 1.29 is 4.79 Å². The molecule has 0 aliphatic rings. The molecule has 0 saturated heterocycles. The van der Waals surface area contributed by atoms with Crippen molar-refractivity contribution in [2.75, 3.05) is 11.1 Å². The fourth-order valence-corrected chi connectivity index (χ4v) is 2.88. The van der Waals surface area contributed by atoms with Gasteiger partial charge in [-0.2, -0.15) is 5.10 Å². The maximum absolute atomic E-state index is 10.9. The summed E-state index contributed by atoms with van der Waals surface area (Å²) in [5.41, 5.74) is 8.51. The molecule has 0 fully saturated rings. The molecule has 0 aliphatic heterocycles. The number of hydrogen-bond acceptors (Lipinski definition) is 4. The molecule has 0 spiro atoms. The van der Waals surface area contributed by atoms with Gasteiger partial charge in [0.25, 0.3) is 0 Å². The molecule has 2 aromatic rings. The second-order valence-corrected chi connectivity index (χ2v) is 5.75. The van der Waals surface area contributed by atoms with E-state index in [4.69, 9.17) is 5.73 Å². The number of anilines is 1. The number of aromatic nitrogens is 2. The minimum Gasteiger partial charge on any atom is -0.380 e. The molecular formula is C15H20N4OS. The van der Waals surface area contributed by atoms with Crippen LogP contribution in [0.5, 0.6) is 0 Å². The van der Waals surface area contributed by atoms with E-state index in [0.29, 0.717) is 6.54 Å². The summed E-state index contributed by atoms with van der Waals surface area (Å²) in [7, 11) is 1.93. The largest absolute Gasteiger partial charge is 0.380 e. The molecule has 0 atom stereocenters. The predicted molar refractivity (Wildman–Crippen MR) is 86.3 cm³/mol. The van der Waals surface area contributed by atoms with Gasteiger partial charge in [0, 0.05) is 35.9 Å². The van der Waals surface area contributed by atoms with E-state index < -0.39 is 0 Å². The number of thioether (sulfide) groups is 1. The van der Waals surface area contributed by atoms with Crippen molar-refractivity contribution in [3.05, 3.63) is 41.7 Å². The molecule has 21 heavy (non-hydrogen) atoms. The van der Waals surface area contributed by atoms with Gasteiger partial charge >= 0.3 is 0 Å². The van der Waals surface area contributed by atoms with E-state index in [1.54, 1.807) is 0 Å². The molecule has 0 bridgehead atoms. The number of para-hydroxylation sites is 1. The van der Waals surface area contributed by atoms with Crippen LogP contribution in [0.25, 0.3) is 0 Å². The second kappa shape index (κ2) is 7.17. The Balaban J connectivity index is 2.07. The molecule has 5 nitrogen and oxygen atoms in total. The fraction of sp³-hybridized carbons (Fsp3) is 0.333. The second-order valence-electron chi connectivity index (χ2n) is 4.73. The van der Waals surface area contributed by atoms with Crippen molar-refractivity contribution in [1.82, 2.24) is 9.78 Å². The third-order valence-electron chi connectivity index (χ3n) is 3.05. The Bertz CT molecular complexity index is 624. The Morgan fingerprint density at radius 3 is 2.90 bits per heavy atom. The maximum Gasteiger partial charge on any atom is 0.227 e. The minimum absolute atomic E-state index is 0.284. The lowest BCUT2D eigenvalue weighted by Gasteiger charge is -2.11. The number of hydrogen-bond donors (Lipinski definition) is 2.